The molecule has 0 bridgehead atoms. The molecular weight excluding hydrogens is 222 g/mol. The fourth-order valence-electron chi connectivity index (χ4n) is 2.38. The van der Waals surface area contributed by atoms with Crippen LogP contribution in [0.2, 0.25) is 0 Å². The Bertz CT molecular complexity index is 818. The first-order valence-electron chi connectivity index (χ1n) is 5.95. The maximum atomic E-state index is 4.65. The summed E-state index contributed by atoms with van der Waals surface area (Å²) in [5.74, 6) is 0. The van der Waals surface area contributed by atoms with Gasteiger partial charge < -0.3 is 4.98 Å². The number of aryl methyl sites for hydroxylation is 1. The lowest BCUT2D eigenvalue weighted by Gasteiger charge is -2.01. The van der Waals surface area contributed by atoms with Crippen LogP contribution in [0.15, 0.2) is 42.5 Å². The molecule has 0 atom stereocenters. The first-order chi connectivity index (χ1) is 8.79. The monoisotopic (exact) mass is 233 g/mol. The number of H-pyrrole nitrogens is 1. The second-order valence-electron chi connectivity index (χ2n) is 4.59. The number of aromatic nitrogens is 3. The SMILES string of the molecule is Cc1cc2nc3cc4ccccc4nc3cc2[nH]1. The second kappa shape index (κ2) is 3.29. The van der Waals surface area contributed by atoms with Crippen molar-refractivity contribution in [2.75, 3.05) is 0 Å². The molecule has 0 saturated carbocycles. The third kappa shape index (κ3) is 1.31. The molecule has 0 fully saturated rings. The molecule has 0 aliphatic heterocycles. The van der Waals surface area contributed by atoms with Gasteiger partial charge in [0.1, 0.15) is 0 Å². The number of nitrogens with zero attached hydrogens (tertiary/aromatic N) is 2. The first kappa shape index (κ1) is 9.59. The minimum Gasteiger partial charge on any atom is -0.357 e. The first-order valence-corrected chi connectivity index (χ1v) is 5.95. The minimum absolute atomic E-state index is 0.933. The summed E-state index contributed by atoms with van der Waals surface area (Å²) < 4.78 is 0. The Balaban J connectivity index is 2.19. The Morgan fingerprint density at radius 1 is 0.833 bits per heavy atom. The van der Waals surface area contributed by atoms with E-state index < -0.39 is 0 Å². The number of pyridine rings is 2. The number of para-hydroxylation sites is 1. The summed E-state index contributed by atoms with van der Waals surface area (Å²) >= 11 is 0. The van der Waals surface area contributed by atoms with E-state index in [4.69, 9.17) is 0 Å². The van der Waals surface area contributed by atoms with Crippen molar-refractivity contribution < 1.29 is 0 Å². The van der Waals surface area contributed by atoms with Gasteiger partial charge in [0.15, 0.2) is 0 Å². The van der Waals surface area contributed by atoms with Crippen molar-refractivity contribution in [3.8, 4) is 0 Å². The Morgan fingerprint density at radius 2 is 1.61 bits per heavy atom. The molecule has 0 aliphatic rings. The van der Waals surface area contributed by atoms with Gasteiger partial charge in [-0.05, 0) is 31.2 Å². The van der Waals surface area contributed by atoms with Gasteiger partial charge in [-0.3, -0.25) is 0 Å². The van der Waals surface area contributed by atoms with E-state index in [0.717, 1.165) is 38.7 Å². The van der Waals surface area contributed by atoms with Gasteiger partial charge in [-0.2, -0.15) is 0 Å². The number of hydrogen-bond acceptors (Lipinski definition) is 2. The van der Waals surface area contributed by atoms with E-state index in [0.29, 0.717) is 0 Å². The molecule has 4 aromatic rings. The molecule has 1 aromatic carbocycles. The molecular formula is C15H11N3. The van der Waals surface area contributed by atoms with Crippen LogP contribution in [0.4, 0.5) is 0 Å². The number of aromatic amines is 1. The fraction of sp³-hybridized carbons (Fsp3) is 0.0667. The number of hydrogen-bond donors (Lipinski definition) is 1. The molecule has 1 N–H and O–H groups in total. The van der Waals surface area contributed by atoms with Crippen LogP contribution in [-0.2, 0) is 0 Å². The standard InChI is InChI=1S/C15H11N3/c1-9-6-12-14(16-9)8-15-13(18-12)7-10-4-2-3-5-11(10)17-15/h2-8,16H,1H3. The van der Waals surface area contributed by atoms with Crippen molar-refractivity contribution in [3.63, 3.8) is 0 Å². The average molecular weight is 233 g/mol. The summed E-state index contributed by atoms with van der Waals surface area (Å²) in [5.41, 5.74) is 6.05. The van der Waals surface area contributed by atoms with Crippen LogP contribution in [0.3, 0.4) is 0 Å². The highest BCUT2D eigenvalue weighted by molar-refractivity contribution is 5.95. The van der Waals surface area contributed by atoms with Crippen LogP contribution in [0.5, 0.6) is 0 Å². The number of benzene rings is 1. The van der Waals surface area contributed by atoms with Crippen LogP contribution in [-0.4, -0.2) is 15.0 Å². The highest BCUT2D eigenvalue weighted by Crippen LogP contribution is 2.22. The molecule has 0 aliphatic carbocycles. The third-order valence-corrected chi connectivity index (χ3v) is 3.22. The molecule has 0 saturated heterocycles. The normalized spacial score (nSPS) is 11.6. The van der Waals surface area contributed by atoms with Crippen molar-refractivity contribution >= 4 is 33.0 Å². The molecule has 0 radical (unpaired) electrons. The summed E-state index contributed by atoms with van der Waals surface area (Å²) in [4.78, 5) is 12.6. The predicted molar refractivity (Wildman–Crippen MR) is 73.6 cm³/mol. The largest absolute Gasteiger partial charge is 0.357 e. The van der Waals surface area contributed by atoms with Crippen molar-refractivity contribution in [2.45, 2.75) is 6.92 Å². The third-order valence-electron chi connectivity index (χ3n) is 3.22. The zero-order valence-electron chi connectivity index (χ0n) is 9.94. The molecule has 3 nitrogen and oxygen atoms in total. The van der Waals surface area contributed by atoms with Gasteiger partial charge in [0.2, 0.25) is 0 Å². The Kier molecular flexibility index (Phi) is 1.75. The van der Waals surface area contributed by atoms with Crippen molar-refractivity contribution in [2.24, 2.45) is 0 Å². The molecule has 3 aromatic heterocycles. The van der Waals surface area contributed by atoms with Crippen LogP contribution in [0, 0.1) is 6.92 Å². The number of rotatable bonds is 0. The van der Waals surface area contributed by atoms with E-state index >= 15 is 0 Å². The molecule has 0 amide bonds. The maximum Gasteiger partial charge on any atom is 0.0915 e. The lowest BCUT2D eigenvalue weighted by atomic mass is 10.2. The van der Waals surface area contributed by atoms with E-state index in [1.54, 1.807) is 0 Å². The predicted octanol–water partition coefficient (Wildman–Crippen LogP) is 3.57. The highest BCUT2D eigenvalue weighted by Gasteiger charge is 2.04. The van der Waals surface area contributed by atoms with Gasteiger partial charge in [0.05, 0.1) is 27.6 Å². The second-order valence-corrected chi connectivity index (χ2v) is 4.59. The Hall–Kier alpha value is -2.42. The number of nitrogens with one attached hydrogen (secondary N) is 1. The van der Waals surface area contributed by atoms with E-state index in [-0.39, 0.29) is 0 Å². The average Bonchev–Trinajstić information content (AvgIpc) is 2.72. The molecule has 18 heavy (non-hydrogen) atoms. The summed E-state index contributed by atoms with van der Waals surface area (Å²) in [6.45, 7) is 2.04. The van der Waals surface area contributed by atoms with Crippen molar-refractivity contribution in [1.29, 1.82) is 0 Å². The fourth-order valence-corrected chi connectivity index (χ4v) is 2.38. The zero-order chi connectivity index (χ0) is 12.1. The van der Waals surface area contributed by atoms with Gasteiger partial charge in [-0.15, -0.1) is 0 Å². The van der Waals surface area contributed by atoms with Gasteiger partial charge in [0, 0.05) is 11.1 Å². The summed E-state index contributed by atoms with van der Waals surface area (Å²) in [5, 5.41) is 1.13. The minimum atomic E-state index is 0.933. The van der Waals surface area contributed by atoms with Gasteiger partial charge in [-0.25, -0.2) is 9.97 Å². The van der Waals surface area contributed by atoms with Crippen LogP contribution in [0.25, 0.3) is 33.0 Å². The molecule has 0 unspecified atom stereocenters. The van der Waals surface area contributed by atoms with Crippen molar-refractivity contribution in [1.82, 2.24) is 15.0 Å². The van der Waals surface area contributed by atoms with E-state index in [1.807, 2.05) is 25.1 Å². The molecule has 4 rings (SSSR count). The topological polar surface area (TPSA) is 41.6 Å². The van der Waals surface area contributed by atoms with Gasteiger partial charge in [0.25, 0.3) is 0 Å². The lowest BCUT2D eigenvalue weighted by molar-refractivity contribution is 1.30. The maximum absolute atomic E-state index is 4.65. The summed E-state index contributed by atoms with van der Waals surface area (Å²) in [7, 11) is 0. The summed E-state index contributed by atoms with van der Waals surface area (Å²) in [6, 6.07) is 14.3. The summed E-state index contributed by atoms with van der Waals surface area (Å²) in [6.07, 6.45) is 0. The van der Waals surface area contributed by atoms with Gasteiger partial charge >= 0.3 is 0 Å². The van der Waals surface area contributed by atoms with E-state index in [9.17, 15) is 0 Å². The van der Waals surface area contributed by atoms with Crippen LogP contribution >= 0.6 is 0 Å². The van der Waals surface area contributed by atoms with Crippen LogP contribution in [0.1, 0.15) is 5.69 Å². The number of fused-ring (bicyclic) bond motifs is 3. The lowest BCUT2D eigenvalue weighted by Crippen LogP contribution is -1.85. The van der Waals surface area contributed by atoms with Gasteiger partial charge in [-0.1, -0.05) is 18.2 Å². The Morgan fingerprint density at radius 3 is 2.56 bits per heavy atom. The quantitative estimate of drug-likeness (QED) is 0.472. The Labute approximate surface area is 103 Å². The zero-order valence-corrected chi connectivity index (χ0v) is 9.94. The molecule has 86 valence electrons. The van der Waals surface area contributed by atoms with Crippen LogP contribution < -0.4 is 0 Å². The van der Waals surface area contributed by atoms with E-state index in [1.165, 1.54) is 0 Å². The smallest absolute Gasteiger partial charge is 0.0915 e. The van der Waals surface area contributed by atoms with Crippen molar-refractivity contribution in [3.05, 3.63) is 48.2 Å². The van der Waals surface area contributed by atoms with E-state index in [2.05, 4.69) is 39.2 Å². The molecule has 0 spiro atoms. The molecule has 3 heterocycles. The molecule has 3 heteroatoms. The highest BCUT2D eigenvalue weighted by atomic mass is 14.8.